The minimum Gasteiger partial charge on any atom is -0.0807 e. The van der Waals surface area contributed by atoms with Crippen LogP contribution in [0.15, 0.2) is 60.7 Å². The number of hydrogen-bond donors (Lipinski definition) is 0. The van der Waals surface area contributed by atoms with Gasteiger partial charge in [0.15, 0.2) is 0 Å². The summed E-state index contributed by atoms with van der Waals surface area (Å²) in [6, 6.07) is 18.2. The van der Waals surface area contributed by atoms with Gasteiger partial charge in [0.1, 0.15) is 0 Å². The SMILES string of the molecule is C1=C(c2c3ccccc3c(C3=CCCCC3)c3ccccc23)CCCC1. The summed E-state index contributed by atoms with van der Waals surface area (Å²) in [6.45, 7) is 0. The molecule has 0 unspecified atom stereocenters. The minimum atomic E-state index is 1.22. The molecule has 0 saturated carbocycles. The van der Waals surface area contributed by atoms with E-state index in [9.17, 15) is 0 Å². The van der Waals surface area contributed by atoms with Crippen LogP contribution in [0.4, 0.5) is 0 Å². The zero-order valence-electron chi connectivity index (χ0n) is 15.4. The molecule has 0 fully saturated rings. The van der Waals surface area contributed by atoms with E-state index in [0.717, 1.165) is 0 Å². The normalized spacial score (nSPS) is 18.0. The monoisotopic (exact) mass is 338 g/mol. The molecule has 0 radical (unpaired) electrons. The summed E-state index contributed by atoms with van der Waals surface area (Å²) in [4.78, 5) is 0. The first kappa shape index (κ1) is 15.9. The molecule has 0 saturated heterocycles. The van der Waals surface area contributed by atoms with Crippen molar-refractivity contribution < 1.29 is 0 Å². The van der Waals surface area contributed by atoms with E-state index in [2.05, 4.69) is 60.7 Å². The lowest BCUT2D eigenvalue weighted by atomic mass is 9.81. The molecule has 0 spiro atoms. The van der Waals surface area contributed by atoms with Crippen LogP contribution < -0.4 is 0 Å². The Morgan fingerprint density at radius 2 is 0.846 bits per heavy atom. The molecule has 130 valence electrons. The van der Waals surface area contributed by atoms with E-state index in [-0.39, 0.29) is 0 Å². The molecule has 0 N–H and O–H groups in total. The number of fused-ring (bicyclic) bond motifs is 2. The standard InChI is InChI=1S/C26H26/c1-3-11-19(12-4-1)25-21-15-7-9-17-23(21)26(20-13-5-2-6-14-20)24-18-10-8-16-22(24)25/h7-11,13,15-18H,1-6,12,14H2. The third-order valence-corrected chi connectivity index (χ3v) is 6.16. The molecule has 0 heteroatoms. The number of benzene rings is 3. The van der Waals surface area contributed by atoms with Gasteiger partial charge >= 0.3 is 0 Å². The summed E-state index contributed by atoms with van der Waals surface area (Å²) in [6.07, 6.45) is 15.2. The predicted molar refractivity (Wildman–Crippen MR) is 114 cm³/mol. The van der Waals surface area contributed by atoms with Gasteiger partial charge in [0.2, 0.25) is 0 Å². The van der Waals surface area contributed by atoms with Gasteiger partial charge in [-0.2, -0.15) is 0 Å². The molecule has 0 amide bonds. The second-order valence-electron chi connectivity index (χ2n) is 7.79. The molecule has 0 nitrogen and oxygen atoms in total. The Labute approximate surface area is 156 Å². The lowest BCUT2D eigenvalue weighted by Crippen LogP contribution is -1.99. The maximum atomic E-state index is 2.50. The largest absolute Gasteiger partial charge is 0.0807 e. The fourth-order valence-corrected chi connectivity index (χ4v) is 4.95. The van der Waals surface area contributed by atoms with Crippen LogP contribution in [-0.2, 0) is 0 Å². The van der Waals surface area contributed by atoms with Crippen molar-refractivity contribution >= 4 is 32.7 Å². The summed E-state index contributed by atoms with van der Waals surface area (Å²) < 4.78 is 0. The zero-order valence-corrected chi connectivity index (χ0v) is 15.4. The molecule has 0 aromatic heterocycles. The Hall–Kier alpha value is -2.34. The van der Waals surface area contributed by atoms with Crippen molar-refractivity contribution in [1.82, 2.24) is 0 Å². The fourth-order valence-electron chi connectivity index (χ4n) is 4.95. The number of rotatable bonds is 2. The highest BCUT2D eigenvalue weighted by atomic mass is 14.2. The van der Waals surface area contributed by atoms with Crippen LogP contribution in [-0.4, -0.2) is 0 Å². The summed E-state index contributed by atoms with van der Waals surface area (Å²) in [5.41, 5.74) is 6.12. The van der Waals surface area contributed by atoms with Crippen molar-refractivity contribution in [2.75, 3.05) is 0 Å². The Balaban J connectivity index is 1.91. The first-order valence-corrected chi connectivity index (χ1v) is 10.3. The average Bonchev–Trinajstić information content (AvgIpc) is 2.73. The van der Waals surface area contributed by atoms with Crippen molar-refractivity contribution in [3.05, 3.63) is 71.8 Å². The molecule has 0 atom stereocenters. The summed E-state index contributed by atoms with van der Waals surface area (Å²) in [5, 5.41) is 5.78. The Bertz CT molecular complexity index is 892. The van der Waals surface area contributed by atoms with Gasteiger partial charge in [-0.1, -0.05) is 60.7 Å². The highest BCUT2D eigenvalue weighted by Gasteiger charge is 2.19. The molecule has 3 aromatic carbocycles. The maximum Gasteiger partial charge on any atom is -0.00700 e. The molecular formula is C26H26. The van der Waals surface area contributed by atoms with Crippen molar-refractivity contribution in [2.24, 2.45) is 0 Å². The topological polar surface area (TPSA) is 0 Å². The van der Waals surface area contributed by atoms with Gasteiger partial charge < -0.3 is 0 Å². The Morgan fingerprint density at radius 1 is 0.462 bits per heavy atom. The number of allylic oxidation sites excluding steroid dienone is 4. The molecule has 2 aliphatic carbocycles. The van der Waals surface area contributed by atoms with Crippen LogP contribution in [0.1, 0.15) is 62.5 Å². The third-order valence-electron chi connectivity index (χ3n) is 6.16. The molecule has 2 aliphatic rings. The van der Waals surface area contributed by atoms with Crippen molar-refractivity contribution in [3.8, 4) is 0 Å². The van der Waals surface area contributed by atoms with Crippen LogP contribution in [0.3, 0.4) is 0 Å². The molecule has 0 bridgehead atoms. The van der Waals surface area contributed by atoms with Gasteiger partial charge in [-0.15, -0.1) is 0 Å². The molecule has 5 rings (SSSR count). The highest BCUT2D eigenvalue weighted by molar-refractivity contribution is 6.15. The predicted octanol–water partition coefficient (Wildman–Crippen LogP) is 7.91. The summed E-state index contributed by atoms with van der Waals surface area (Å²) in [7, 11) is 0. The fraction of sp³-hybridized carbons (Fsp3) is 0.308. The summed E-state index contributed by atoms with van der Waals surface area (Å²) >= 11 is 0. The van der Waals surface area contributed by atoms with Gasteiger partial charge in [0.05, 0.1) is 0 Å². The van der Waals surface area contributed by atoms with Crippen LogP contribution in [0.5, 0.6) is 0 Å². The van der Waals surface area contributed by atoms with Crippen molar-refractivity contribution in [2.45, 2.75) is 51.4 Å². The molecular weight excluding hydrogens is 312 g/mol. The van der Waals surface area contributed by atoms with Gasteiger partial charge in [0, 0.05) is 0 Å². The number of hydrogen-bond acceptors (Lipinski definition) is 0. The average molecular weight is 338 g/mol. The zero-order chi connectivity index (χ0) is 17.3. The van der Waals surface area contributed by atoms with Gasteiger partial charge in [-0.3, -0.25) is 0 Å². The van der Waals surface area contributed by atoms with Crippen LogP contribution in [0, 0.1) is 0 Å². The molecule has 0 aliphatic heterocycles. The smallest absolute Gasteiger partial charge is 0.00700 e. The van der Waals surface area contributed by atoms with E-state index >= 15 is 0 Å². The van der Waals surface area contributed by atoms with Gasteiger partial charge in [-0.25, -0.2) is 0 Å². The minimum absolute atomic E-state index is 1.22. The quantitative estimate of drug-likeness (QED) is 0.416. The van der Waals surface area contributed by atoms with Gasteiger partial charge in [-0.05, 0) is 95.2 Å². The maximum absolute atomic E-state index is 2.50. The van der Waals surface area contributed by atoms with E-state index in [1.807, 2.05) is 0 Å². The van der Waals surface area contributed by atoms with Crippen LogP contribution in [0.25, 0.3) is 32.7 Å². The summed E-state index contributed by atoms with van der Waals surface area (Å²) in [5.74, 6) is 0. The first-order valence-electron chi connectivity index (χ1n) is 10.3. The highest BCUT2D eigenvalue weighted by Crippen LogP contribution is 2.43. The second-order valence-corrected chi connectivity index (χ2v) is 7.79. The van der Waals surface area contributed by atoms with E-state index < -0.39 is 0 Å². The van der Waals surface area contributed by atoms with Crippen molar-refractivity contribution in [1.29, 1.82) is 0 Å². The van der Waals surface area contributed by atoms with E-state index in [4.69, 9.17) is 0 Å². The molecule has 26 heavy (non-hydrogen) atoms. The Morgan fingerprint density at radius 3 is 1.15 bits per heavy atom. The lowest BCUT2D eigenvalue weighted by molar-refractivity contribution is 0.742. The van der Waals surface area contributed by atoms with Crippen LogP contribution >= 0.6 is 0 Å². The van der Waals surface area contributed by atoms with E-state index in [1.165, 1.54) is 84.0 Å². The lowest BCUT2D eigenvalue weighted by Gasteiger charge is -2.23. The molecule has 0 heterocycles. The Kier molecular flexibility index (Phi) is 4.13. The molecule has 3 aromatic rings. The second kappa shape index (κ2) is 6.76. The van der Waals surface area contributed by atoms with E-state index in [1.54, 1.807) is 11.1 Å². The van der Waals surface area contributed by atoms with E-state index in [0.29, 0.717) is 0 Å². The van der Waals surface area contributed by atoms with Crippen LogP contribution in [0.2, 0.25) is 0 Å². The van der Waals surface area contributed by atoms with Crippen molar-refractivity contribution in [3.63, 3.8) is 0 Å². The third kappa shape index (κ3) is 2.60. The van der Waals surface area contributed by atoms with Gasteiger partial charge in [0.25, 0.3) is 0 Å². The first-order chi connectivity index (χ1) is 12.9.